The van der Waals surface area contributed by atoms with Crippen LogP contribution in [0.3, 0.4) is 0 Å². The van der Waals surface area contributed by atoms with Gasteiger partial charge in [0, 0.05) is 6.07 Å². The minimum absolute atomic E-state index is 0.753. The number of unbranched alkanes of at least 4 members (excludes halogenated alkanes) is 1. The molecule has 0 saturated heterocycles. The molecule has 0 spiro atoms. The van der Waals surface area contributed by atoms with Crippen molar-refractivity contribution < 1.29 is 4.74 Å². The highest BCUT2D eigenvalue weighted by molar-refractivity contribution is 5.86. The summed E-state index contributed by atoms with van der Waals surface area (Å²) < 4.78 is 5.70. The van der Waals surface area contributed by atoms with Crippen molar-refractivity contribution in [1.29, 1.82) is 0 Å². The summed E-state index contributed by atoms with van der Waals surface area (Å²) in [7, 11) is 0. The van der Waals surface area contributed by atoms with Gasteiger partial charge in [-0.25, -0.2) is 9.97 Å². The third kappa shape index (κ3) is 2.50. The lowest BCUT2D eigenvalue weighted by atomic mass is 10.2. The predicted molar refractivity (Wildman–Crippen MR) is 77.4 cm³/mol. The monoisotopic (exact) mass is 252 g/mol. The SMILES string of the molecule is CCCCOc1ccc2nc3ccccc3nc2c1. The van der Waals surface area contributed by atoms with E-state index in [0.29, 0.717) is 0 Å². The molecule has 0 unspecified atom stereocenters. The number of aromatic nitrogens is 2. The molecule has 0 radical (unpaired) electrons. The maximum Gasteiger partial charge on any atom is 0.121 e. The Morgan fingerprint density at radius 2 is 1.58 bits per heavy atom. The molecular formula is C16H16N2O. The second-order valence-corrected chi connectivity index (χ2v) is 4.56. The van der Waals surface area contributed by atoms with Gasteiger partial charge in [-0.15, -0.1) is 0 Å². The van der Waals surface area contributed by atoms with Crippen LogP contribution in [0, 0.1) is 0 Å². The van der Waals surface area contributed by atoms with Crippen molar-refractivity contribution in [3.05, 3.63) is 42.5 Å². The first-order chi connectivity index (χ1) is 9.36. The molecule has 0 bridgehead atoms. The van der Waals surface area contributed by atoms with Gasteiger partial charge in [0.15, 0.2) is 0 Å². The number of hydrogen-bond acceptors (Lipinski definition) is 3. The van der Waals surface area contributed by atoms with E-state index in [9.17, 15) is 0 Å². The third-order valence-electron chi connectivity index (χ3n) is 3.08. The molecule has 0 amide bonds. The van der Waals surface area contributed by atoms with Crippen LogP contribution in [0.25, 0.3) is 22.1 Å². The van der Waals surface area contributed by atoms with Crippen molar-refractivity contribution in [1.82, 2.24) is 9.97 Å². The van der Waals surface area contributed by atoms with E-state index in [1.54, 1.807) is 0 Å². The second-order valence-electron chi connectivity index (χ2n) is 4.56. The van der Waals surface area contributed by atoms with E-state index < -0.39 is 0 Å². The fraction of sp³-hybridized carbons (Fsp3) is 0.250. The fourth-order valence-corrected chi connectivity index (χ4v) is 2.02. The van der Waals surface area contributed by atoms with Gasteiger partial charge in [-0.3, -0.25) is 0 Å². The quantitative estimate of drug-likeness (QED) is 0.520. The molecule has 2 aromatic carbocycles. The molecule has 3 heteroatoms. The van der Waals surface area contributed by atoms with Gasteiger partial charge in [0.25, 0.3) is 0 Å². The molecule has 3 nitrogen and oxygen atoms in total. The zero-order valence-electron chi connectivity index (χ0n) is 11.0. The second kappa shape index (κ2) is 5.22. The lowest BCUT2D eigenvalue weighted by Gasteiger charge is -2.06. The number of benzene rings is 2. The van der Waals surface area contributed by atoms with Crippen LogP contribution in [-0.2, 0) is 0 Å². The summed E-state index contributed by atoms with van der Waals surface area (Å²) in [6, 6.07) is 13.8. The number of fused-ring (bicyclic) bond motifs is 2. The molecular weight excluding hydrogens is 236 g/mol. The summed E-state index contributed by atoms with van der Waals surface area (Å²) in [5.74, 6) is 0.866. The molecule has 96 valence electrons. The molecule has 0 saturated carbocycles. The largest absolute Gasteiger partial charge is 0.494 e. The minimum atomic E-state index is 0.753. The van der Waals surface area contributed by atoms with Crippen molar-refractivity contribution in [2.24, 2.45) is 0 Å². The minimum Gasteiger partial charge on any atom is -0.494 e. The summed E-state index contributed by atoms with van der Waals surface area (Å²) in [5, 5.41) is 0. The van der Waals surface area contributed by atoms with Gasteiger partial charge in [-0.1, -0.05) is 25.5 Å². The van der Waals surface area contributed by atoms with Crippen molar-refractivity contribution in [2.75, 3.05) is 6.61 Å². The zero-order valence-corrected chi connectivity index (χ0v) is 11.0. The van der Waals surface area contributed by atoms with Crippen LogP contribution in [0.15, 0.2) is 42.5 Å². The van der Waals surface area contributed by atoms with Crippen LogP contribution < -0.4 is 4.74 Å². The molecule has 3 rings (SSSR count). The Kier molecular flexibility index (Phi) is 3.27. The Morgan fingerprint density at radius 3 is 2.32 bits per heavy atom. The Hall–Kier alpha value is -2.16. The average Bonchev–Trinajstić information content (AvgIpc) is 2.45. The summed E-state index contributed by atoms with van der Waals surface area (Å²) in [4.78, 5) is 9.22. The van der Waals surface area contributed by atoms with E-state index in [0.717, 1.165) is 47.3 Å². The smallest absolute Gasteiger partial charge is 0.121 e. The molecule has 3 aromatic rings. The van der Waals surface area contributed by atoms with E-state index in [1.807, 2.05) is 42.5 Å². The first kappa shape index (κ1) is 11.9. The molecule has 19 heavy (non-hydrogen) atoms. The lowest BCUT2D eigenvalue weighted by molar-refractivity contribution is 0.310. The van der Waals surface area contributed by atoms with Crippen molar-refractivity contribution >= 4 is 22.1 Å². The Bertz CT molecular complexity index is 709. The van der Waals surface area contributed by atoms with Crippen LogP contribution >= 0.6 is 0 Å². The van der Waals surface area contributed by atoms with Gasteiger partial charge in [0.05, 0.1) is 28.7 Å². The van der Waals surface area contributed by atoms with E-state index in [-0.39, 0.29) is 0 Å². The molecule has 0 atom stereocenters. The van der Waals surface area contributed by atoms with Gasteiger partial charge in [0.2, 0.25) is 0 Å². The standard InChI is InChI=1S/C16H16N2O/c1-2-3-10-19-12-8-9-15-16(11-12)18-14-7-5-4-6-13(14)17-15/h4-9,11H,2-3,10H2,1H3. The van der Waals surface area contributed by atoms with E-state index in [4.69, 9.17) is 4.74 Å². The maximum absolute atomic E-state index is 5.70. The number of para-hydroxylation sites is 2. The van der Waals surface area contributed by atoms with Crippen LogP contribution in [0.2, 0.25) is 0 Å². The molecule has 0 aliphatic rings. The fourth-order valence-electron chi connectivity index (χ4n) is 2.02. The Balaban J connectivity index is 1.99. The van der Waals surface area contributed by atoms with Gasteiger partial charge < -0.3 is 4.74 Å². The molecule has 0 fully saturated rings. The number of rotatable bonds is 4. The van der Waals surface area contributed by atoms with Crippen LogP contribution in [-0.4, -0.2) is 16.6 Å². The van der Waals surface area contributed by atoms with Crippen LogP contribution in [0.4, 0.5) is 0 Å². The van der Waals surface area contributed by atoms with Crippen LogP contribution in [0.1, 0.15) is 19.8 Å². The first-order valence-electron chi connectivity index (χ1n) is 6.66. The normalized spacial score (nSPS) is 11.0. The summed E-state index contributed by atoms with van der Waals surface area (Å²) in [6.45, 7) is 2.91. The van der Waals surface area contributed by atoms with Crippen molar-refractivity contribution in [2.45, 2.75) is 19.8 Å². The van der Waals surface area contributed by atoms with Crippen LogP contribution in [0.5, 0.6) is 5.75 Å². The van der Waals surface area contributed by atoms with E-state index in [1.165, 1.54) is 0 Å². The van der Waals surface area contributed by atoms with E-state index >= 15 is 0 Å². The lowest BCUT2D eigenvalue weighted by Crippen LogP contribution is -1.96. The summed E-state index contributed by atoms with van der Waals surface area (Å²) >= 11 is 0. The average molecular weight is 252 g/mol. The number of hydrogen-bond donors (Lipinski definition) is 0. The predicted octanol–water partition coefficient (Wildman–Crippen LogP) is 3.96. The highest BCUT2D eigenvalue weighted by atomic mass is 16.5. The van der Waals surface area contributed by atoms with Gasteiger partial charge >= 0.3 is 0 Å². The first-order valence-corrected chi connectivity index (χ1v) is 6.66. The molecule has 1 heterocycles. The maximum atomic E-state index is 5.70. The molecule has 0 aliphatic heterocycles. The van der Waals surface area contributed by atoms with E-state index in [2.05, 4.69) is 16.9 Å². The highest BCUT2D eigenvalue weighted by Gasteiger charge is 2.02. The summed E-state index contributed by atoms with van der Waals surface area (Å²) in [6.07, 6.45) is 2.21. The van der Waals surface area contributed by atoms with Crippen molar-refractivity contribution in [3.63, 3.8) is 0 Å². The summed E-state index contributed by atoms with van der Waals surface area (Å²) in [5.41, 5.74) is 3.63. The molecule has 0 aliphatic carbocycles. The highest BCUT2D eigenvalue weighted by Crippen LogP contribution is 2.21. The Labute approximate surface area is 112 Å². The van der Waals surface area contributed by atoms with Crippen molar-refractivity contribution in [3.8, 4) is 5.75 Å². The molecule has 1 aromatic heterocycles. The number of nitrogens with zero attached hydrogens (tertiary/aromatic N) is 2. The third-order valence-corrected chi connectivity index (χ3v) is 3.08. The Morgan fingerprint density at radius 1 is 0.895 bits per heavy atom. The van der Waals surface area contributed by atoms with Gasteiger partial charge in [-0.05, 0) is 30.7 Å². The topological polar surface area (TPSA) is 35.0 Å². The van der Waals surface area contributed by atoms with Gasteiger partial charge in [-0.2, -0.15) is 0 Å². The number of ether oxygens (including phenoxy) is 1. The van der Waals surface area contributed by atoms with Gasteiger partial charge in [0.1, 0.15) is 5.75 Å². The zero-order chi connectivity index (χ0) is 13.1. The molecule has 0 N–H and O–H groups in total.